The van der Waals surface area contributed by atoms with Crippen molar-refractivity contribution in [3.63, 3.8) is 0 Å². The van der Waals surface area contributed by atoms with Gasteiger partial charge in [-0.3, -0.25) is 19.1 Å². The number of nitrogens with one attached hydrogen (secondary N) is 2. The Bertz CT molecular complexity index is 1160. The molecule has 1 amide bonds. The monoisotopic (exact) mass is 387 g/mol. The largest absolute Gasteiger partial charge is 0.354 e. The molecule has 0 fully saturated rings. The first-order valence-electron chi connectivity index (χ1n) is 9.86. The van der Waals surface area contributed by atoms with Crippen molar-refractivity contribution in [2.24, 2.45) is 5.92 Å². The first-order valence-corrected chi connectivity index (χ1v) is 9.86. The molecule has 6 heteroatoms. The molecule has 0 spiro atoms. The number of H-pyrrole nitrogens is 1. The second kappa shape index (κ2) is 6.88. The van der Waals surface area contributed by atoms with Crippen molar-refractivity contribution < 1.29 is 4.79 Å². The Hall–Kier alpha value is -3.41. The van der Waals surface area contributed by atoms with E-state index in [9.17, 15) is 14.4 Å². The summed E-state index contributed by atoms with van der Waals surface area (Å²) in [5.74, 6) is 0.697. The van der Waals surface area contributed by atoms with Crippen LogP contribution in [0.1, 0.15) is 40.5 Å². The first kappa shape index (κ1) is 17.7. The van der Waals surface area contributed by atoms with Gasteiger partial charge in [-0.25, -0.2) is 4.79 Å². The maximum Gasteiger partial charge on any atom is 0.328 e. The lowest BCUT2D eigenvalue weighted by Crippen LogP contribution is -2.41. The molecular formula is C23H21N3O3. The second-order valence-corrected chi connectivity index (χ2v) is 7.83. The summed E-state index contributed by atoms with van der Waals surface area (Å²) >= 11 is 0. The van der Waals surface area contributed by atoms with Gasteiger partial charge in [0.05, 0.1) is 0 Å². The number of carbonyl (C=O) groups excluding carboxylic acids is 1. The Morgan fingerprint density at radius 2 is 1.59 bits per heavy atom. The Morgan fingerprint density at radius 1 is 0.966 bits per heavy atom. The van der Waals surface area contributed by atoms with Gasteiger partial charge < -0.3 is 5.32 Å². The number of fused-ring (bicyclic) bond motifs is 1. The molecule has 0 saturated carbocycles. The molecule has 1 atom stereocenters. The number of rotatable bonds is 4. The van der Waals surface area contributed by atoms with Crippen molar-refractivity contribution >= 4 is 5.91 Å². The van der Waals surface area contributed by atoms with Gasteiger partial charge in [0.2, 0.25) is 5.91 Å². The van der Waals surface area contributed by atoms with Crippen LogP contribution in [-0.2, 0) is 11.3 Å². The van der Waals surface area contributed by atoms with Gasteiger partial charge in [0.1, 0.15) is 6.54 Å². The Labute approximate surface area is 167 Å². The number of hydrogen-bond acceptors (Lipinski definition) is 3. The number of benzene rings is 2. The maximum atomic E-state index is 12.4. The summed E-state index contributed by atoms with van der Waals surface area (Å²) in [5, 5.41) is 3.00. The predicted molar refractivity (Wildman–Crippen MR) is 109 cm³/mol. The number of carbonyl (C=O) groups is 1. The lowest BCUT2D eigenvalue weighted by molar-refractivity contribution is -0.122. The van der Waals surface area contributed by atoms with E-state index in [1.54, 1.807) is 0 Å². The molecular weight excluding hydrogens is 366 g/mol. The van der Waals surface area contributed by atoms with E-state index in [1.807, 2.05) is 0 Å². The Balaban J connectivity index is 1.36. The van der Waals surface area contributed by atoms with Crippen molar-refractivity contribution in [3.05, 3.63) is 104 Å². The summed E-state index contributed by atoms with van der Waals surface area (Å²) in [7, 11) is 0. The lowest BCUT2D eigenvalue weighted by atomic mass is 9.59. The fourth-order valence-electron chi connectivity index (χ4n) is 4.98. The summed E-state index contributed by atoms with van der Waals surface area (Å²) in [4.78, 5) is 37.5. The van der Waals surface area contributed by atoms with E-state index in [4.69, 9.17) is 0 Å². The van der Waals surface area contributed by atoms with E-state index >= 15 is 0 Å². The number of amides is 1. The fraction of sp³-hybridized carbons (Fsp3) is 0.261. The minimum atomic E-state index is -0.577. The van der Waals surface area contributed by atoms with E-state index < -0.39 is 11.2 Å². The van der Waals surface area contributed by atoms with Crippen molar-refractivity contribution in [3.8, 4) is 0 Å². The van der Waals surface area contributed by atoms with Gasteiger partial charge in [0.15, 0.2) is 0 Å². The first-order chi connectivity index (χ1) is 14.1. The zero-order valence-electron chi connectivity index (χ0n) is 15.8. The highest BCUT2D eigenvalue weighted by Gasteiger charge is 2.42. The van der Waals surface area contributed by atoms with E-state index in [-0.39, 0.29) is 18.4 Å². The van der Waals surface area contributed by atoms with Crippen LogP contribution < -0.4 is 16.6 Å². The Kier molecular flexibility index (Phi) is 4.19. The molecule has 0 saturated heterocycles. The molecule has 146 valence electrons. The van der Waals surface area contributed by atoms with Crippen LogP contribution in [0, 0.1) is 5.92 Å². The highest BCUT2D eigenvalue weighted by Crippen LogP contribution is 2.55. The zero-order chi connectivity index (χ0) is 20.0. The fourth-order valence-corrected chi connectivity index (χ4v) is 4.98. The third-order valence-electron chi connectivity index (χ3n) is 6.20. The molecule has 0 unspecified atom stereocenters. The van der Waals surface area contributed by atoms with Gasteiger partial charge in [-0.1, -0.05) is 48.5 Å². The summed E-state index contributed by atoms with van der Waals surface area (Å²) in [6.45, 7) is 0.449. The van der Waals surface area contributed by atoms with E-state index in [1.165, 1.54) is 39.1 Å². The molecule has 3 aromatic rings. The third-order valence-corrected chi connectivity index (χ3v) is 6.20. The summed E-state index contributed by atoms with van der Waals surface area (Å²) < 4.78 is 1.20. The molecule has 3 aliphatic rings. The van der Waals surface area contributed by atoms with Crippen LogP contribution in [0.15, 0.2) is 70.4 Å². The topological polar surface area (TPSA) is 84.0 Å². The molecule has 3 aliphatic carbocycles. The molecule has 6 nitrogen and oxygen atoms in total. The van der Waals surface area contributed by atoms with Crippen LogP contribution in [0.25, 0.3) is 0 Å². The summed E-state index contributed by atoms with van der Waals surface area (Å²) in [5.41, 5.74) is 4.48. The number of hydrogen-bond donors (Lipinski definition) is 2. The van der Waals surface area contributed by atoms with Crippen LogP contribution in [0.3, 0.4) is 0 Å². The molecule has 1 aromatic heterocycles. The standard InChI is InChI=1S/C23H21N3O3/c27-20-9-10-26(23(29)25-20)13-21(28)24-12-14-11-19-15-5-1-3-7-17(15)22(14)18-8-4-2-6-16(18)19/h1-10,14,19,22H,11-13H2,(H,24,28)(H,25,27,29)/t14-,19?,22?/m1/s1. The highest BCUT2D eigenvalue weighted by atomic mass is 16.2. The average Bonchev–Trinajstić information content (AvgIpc) is 2.74. The number of aromatic nitrogens is 2. The minimum Gasteiger partial charge on any atom is -0.354 e. The summed E-state index contributed by atoms with van der Waals surface area (Å²) in [6.07, 6.45) is 2.34. The number of aromatic amines is 1. The van der Waals surface area contributed by atoms with Crippen molar-refractivity contribution in [1.29, 1.82) is 0 Å². The van der Waals surface area contributed by atoms with E-state index in [2.05, 4.69) is 58.8 Å². The van der Waals surface area contributed by atoms with Gasteiger partial charge >= 0.3 is 5.69 Å². The second-order valence-electron chi connectivity index (χ2n) is 7.83. The summed E-state index contributed by atoms with van der Waals surface area (Å²) in [6, 6.07) is 18.5. The van der Waals surface area contributed by atoms with Gasteiger partial charge in [-0.15, -0.1) is 0 Å². The van der Waals surface area contributed by atoms with E-state index in [0.29, 0.717) is 18.4 Å². The third kappa shape index (κ3) is 3.01. The van der Waals surface area contributed by atoms with Gasteiger partial charge in [0.25, 0.3) is 5.56 Å². The normalized spacial score (nSPS) is 21.3. The predicted octanol–water partition coefficient (Wildman–Crippen LogP) is 1.95. The molecule has 6 rings (SSSR count). The van der Waals surface area contributed by atoms with Crippen molar-refractivity contribution in [2.75, 3.05) is 6.54 Å². The minimum absolute atomic E-state index is 0.108. The SMILES string of the molecule is O=C(Cn1ccc(=O)[nH]c1=O)NC[C@H]1CC2c3ccccc3C1c1ccccc12. The van der Waals surface area contributed by atoms with Crippen LogP contribution in [-0.4, -0.2) is 22.0 Å². The van der Waals surface area contributed by atoms with Crippen LogP contribution in [0.4, 0.5) is 0 Å². The maximum absolute atomic E-state index is 12.4. The lowest BCUT2D eigenvalue weighted by Gasteiger charge is -2.45. The van der Waals surface area contributed by atoms with Crippen LogP contribution >= 0.6 is 0 Å². The molecule has 29 heavy (non-hydrogen) atoms. The molecule has 0 radical (unpaired) electrons. The van der Waals surface area contributed by atoms with Crippen molar-refractivity contribution in [1.82, 2.24) is 14.9 Å². The van der Waals surface area contributed by atoms with E-state index in [0.717, 1.165) is 6.42 Å². The smallest absolute Gasteiger partial charge is 0.328 e. The quantitative estimate of drug-likeness (QED) is 0.718. The number of nitrogens with zero attached hydrogens (tertiary/aromatic N) is 1. The van der Waals surface area contributed by atoms with Gasteiger partial charge in [-0.05, 0) is 34.6 Å². The zero-order valence-corrected chi connectivity index (χ0v) is 15.8. The Morgan fingerprint density at radius 3 is 2.21 bits per heavy atom. The van der Waals surface area contributed by atoms with Gasteiger partial charge in [-0.2, -0.15) is 0 Å². The van der Waals surface area contributed by atoms with Crippen LogP contribution in [0.5, 0.6) is 0 Å². The van der Waals surface area contributed by atoms with Gasteiger partial charge in [0, 0.05) is 30.6 Å². The molecule has 2 N–H and O–H groups in total. The van der Waals surface area contributed by atoms with Crippen molar-refractivity contribution in [2.45, 2.75) is 24.8 Å². The van der Waals surface area contributed by atoms with Crippen LogP contribution in [0.2, 0.25) is 0 Å². The highest BCUT2D eigenvalue weighted by molar-refractivity contribution is 5.75. The molecule has 0 aliphatic heterocycles. The molecule has 2 bridgehead atoms. The molecule has 1 heterocycles. The average molecular weight is 387 g/mol. The molecule has 2 aromatic carbocycles.